The number of aromatic nitrogens is 5. The van der Waals surface area contributed by atoms with Crippen molar-refractivity contribution in [3.8, 4) is 28.7 Å². The molecule has 5 rings (SSSR count). The van der Waals surface area contributed by atoms with E-state index in [1.54, 1.807) is 18.6 Å². The van der Waals surface area contributed by atoms with E-state index in [0.29, 0.717) is 6.01 Å². The Kier molecular flexibility index (Phi) is 5.49. The summed E-state index contributed by atoms with van der Waals surface area (Å²) in [6.07, 6.45) is 8.84. The Morgan fingerprint density at radius 1 is 0.969 bits per heavy atom. The van der Waals surface area contributed by atoms with Gasteiger partial charge in [0, 0.05) is 36.1 Å². The van der Waals surface area contributed by atoms with E-state index in [4.69, 9.17) is 9.84 Å². The van der Waals surface area contributed by atoms with Crippen LogP contribution in [0.2, 0.25) is 0 Å². The molecule has 3 heterocycles. The number of nitrogens with zero attached hydrogens (tertiary/aromatic N) is 4. The highest BCUT2D eigenvalue weighted by Crippen LogP contribution is 2.29. The van der Waals surface area contributed by atoms with E-state index in [2.05, 4.69) is 24.9 Å². The maximum absolute atomic E-state index is 10.9. The molecule has 1 fully saturated rings. The summed E-state index contributed by atoms with van der Waals surface area (Å²) in [5.74, 6) is 0.292. The standard InChI is InChI=1S/C24H23N5O3/c30-22(31)11-15-5-8-18(9-6-15)32-24-26-13-17(14-27-24)19-10-7-16(12-25-19)23-28-20-3-1-2-4-21(20)29-23/h1-4,7,10,12-15,18H,5-6,8-9,11H2,(H,28,29)(H,30,31). The minimum absolute atomic E-state index is 0.0344. The number of imidazole rings is 1. The van der Waals surface area contributed by atoms with Crippen molar-refractivity contribution < 1.29 is 14.6 Å². The molecule has 0 saturated heterocycles. The van der Waals surface area contributed by atoms with Gasteiger partial charge in [0.05, 0.1) is 16.7 Å². The molecule has 2 N–H and O–H groups in total. The molecule has 0 radical (unpaired) electrons. The Balaban J connectivity index is 1.22. The first kappa shape index (κ1) is 20.1. The van der Waals surface area contributed by atoms with Gasteiger partial charge >= 0.3 is 12.0 Å². The van der Waals surface area contributed by atoms with Crippen molar-refractivity contribution in [1.82, 2.24) is 24.9 Å². The van der Waals surface area contributed by atoms with Gasteiger partial charge < -0.3 is 14.8 Å². The SMILES string of the molecule is O=C(O)CC1CCC(Oc2ncc(-c3ccc(-c4nc5ccccc5[nH]4)cn3)cn2)CC1. The van der Waals surface area contributed by atoms with Crippen LogP contribution < -0.4 is 4.74 Å². The van der Waals surface area contributed by atoms with E-state index >= 15 is 0 Å². The van der Waals surface area contributed by atoms with Crippen molar-refractivity contribution in [3.05, 3.63) is 55.0 Å². The molecular formula is C24H23N5O3. The molecule has 162 valence electrons. The molecule has 1 aliphatic rings. The quantitative estimate of drug-likeness (QED) is 0.464. The first-order valence-corrected chi connectivity index (χ1v) is 10.8. The lowest BCUT2D eigenvalue weighted by atomic mass is 9.85. The number of aliphatic carboxylic acids is 1. The van der Waals surface area contributed by atoms with Gasteiger partial charge in [0.15, 0.2) is 0 Å². The van der Waals surface area contributed by atoms with E-state index < -0.39 is 5.97 Å². The lowest BCUT2D eigenvalue weighted by Crippen LogP contribution is -2.25. The fraction of sp³-hybridized carbons (Fsp3) is 0.292. The summed E-state index contributed by atoms with van der Waals surface area (Å²) in [4.78, 5) is 32.0. The van der Waals surface area contributed by atoms with Gasteiger partial charge in [-0.3, -0.25) is 9.78 Å². The smallest absolute Gasteiger partial charge is 0.316 e. The van der Waals surface area contributed by atoms with Crippen LogP contribution in [0.15, 0.2) is 55.0 Å². The van der Waals surface area contributed by atoms with Crippen LogP contribution in [0.3, 0.4) is 0 Å². The molecule has 0 amide bonds. The zero-order valence-electron chi connectivity index (χ0n) is 17.4. The van der Waals surface area contributed by atoms with Crippen molar-refractivity contribution in [1.29, 1.82) is 0 Å². The number of para-hydroxylation sites is 2. The van der Waals surface area contributed by atoms with Crippen molar-refractivity contribution in [2.75, 3.05) is 0 Å². The van der Waals surface area contributed by atoms with Gasteiger partial charge in [0.25, 0.3) is 0 Å². The molecule has 1 aliphatic carbocycles. The number of hydrogen-bond donors (Lipinski definition) is 2. The number of aromatic amines is 1. The summed E-state index contributed by atoms with van der Waals surface area (Å²) in [6.45, 7) is 0. The molecule has 8 heteroatoms. The molecule has 32 heavy (non-hydrogen) atoms. The number of H-pyrrole nitrogens is 1. The fourth-order valence-electron chi connectivity index (χ4n) is 4.15. The number of hydrogen-bond acceptors (Lipinski definition) is 6. The lowest BCUT2D eigenvalue weighted by molar-refractivity contribution is -0.138. The largest absolute Gasteiger partial charge is 0.481 e. The van der Waals surface area contributed by atoms with Crippen LogP contribution in [0, 0.1) is 5.92 Å². The van der Waals surface area contributed by atoms with Gasteiger partial charge in [0.2, 0.25) is 0 Å². The Morgan fingerprint density at radius 2 is 1.72 bits per heavy atom. The minimum atomic E-state index is -0.729. The van der Waals surface area contributed by atoms with E-state index in [1.807, 2.05) is 36.4 Å². The molecular weight excluding hydrogens is 406 g/mol. The summed E-state index contributed by atoms with van der Waals surface area (Å²) in [7, 11) is 0. The first-order valence-electron chi connectivity index (χ1n) is 10.8. The Bertz CT molecular complexity index is 1180. The van der Waals surface area contributed by atoms with Gasteiger partial charge in [-0.1, -0.05) is 12.1 Å². The summed E-state index contributed by atoms with van der Waals surface area (Å²) < 4.78 is 5.90. The van der Waals surface area contributed by atoms with E-state index in [0.717, 1.165) is 59.4 Å². The summed E-state index contributed by atoms with van der Waals surface area (Å²) >= 11 is 0. The van der Waals surface area contributed by atoms with Crippen molar-refractivity contribution in [2.24, 2.45) is 5.92 Å². The Hall–Kier alpha value is -3.81. The predicted octanol–water partition coefficient (Wildman–Crippen LogP) is 4.49. The van der Waals surface area contributed by atoms with Crippen LogP contribution in [0.5, 0.6) is 6.01 Å². The van der Waals surface area contributed by atoms with Crippen LogP contribution in [0.25, 0.3) is 33.7 Å². The first-order chi connectivity index (χ1) is 15.6. The zero-order chi connectivity index (χ0) is 21.9. The monoisotopic (exact) mass is 429 g/mol. The number of carboxylic acid groups (broad SMARTS) is 1. The average Bonchev–Trinajstić information content (AvgIpc) is 3.25. The fourth-order valence-corrected chi connectivity index (χ4v) is 4.15. The molecule has 0 aliphatic heterocycles. The maximum Gasteiger partial charge on any atom is 0.316 e. The van der Waals surface area contributed by atoms with Gasteiger partial charge in [-0.05, 0) is 55.9 Å². The molecule has 0 spiro atoms. The third-order valence-corrected chi connectivity index (χ3v) is 5.88. The lowest BCUT2D eigenvalue weighted by Gasteiger charge is -2.27. The topological polar surface area (TPSA) is 114 Å². The number of carboxylic acids is 1. The van der Waals surface area contributed by atoms with Crippen molar-refractivity contribution in [2.45, 2.75) is 38.2 Å². The minimum Gasteiger partial charge on any atom is -0.481 e. The molecule has 4 aromatic rings. The van der Waals surface area contributed by atoms with Crippen molar-refractivity contribution in [3.63, 3.8) is 0 Å². The summed E-state index contributed by atoms with van der Waals surface area (Å²) in [5.41, 5.74) is 4.39. The second kappa shape index (κ2) is 8.74. The number of nitrogens with one attached hydrogen (secondary N) is 1. The molecule has 0 unspecified atom stereocenters. The van der Waals surface area contributed by atoms with E-state index in [9.17, 15) is 4.79 Å². The number of benzene rings is 1. The Morgan fingerprint density at radius 3 is 2.41 bits per heavy atom. The third-order valence-electron chi connectivity index (χ3n) is 5.88. The number of fused-ring (bicyclic) bond motifs is 1. The number of rotatable bonds is 6. The molecule has 0 atom stereocenters. The highest BCUT2D eigenvalue weighted by molar-refractivity contribution is 5.79. The summed E-state index contributed by atoms with van der Waals surface area (Å²) in [5, 5.41) is 8.93. The average molecular weight is 429 g/mol. The van der Waals surface area contributed by atoms with E-state index in [1.165, 1.54) is 0 Å². The van der Waals surface area contributed by atoms with Gasteiger partial charge in [-0.15, -0.1) is 0 Å². The zero-order valence-corrected chi connectivity index (χ0v) is 17.4. The summed E-state index contributed by atoms with van der Waals surface area (Å²) in [6, 6.07) is 12.1. The normalized spacial score (nSPS) is 18.5. The van der Waals surface area contributed by atoms with Crippen LogP contribution in [0.4, 0.5) is 0 Å². The number of ether oxygens (including phenoxy) is 1. The maximum atomic E-state index is 10.9. The number of carbonyl (C=O) groups is 1. The van der Waals surface area contributed by atoms with Crippen LogP contribution in [0.1, 0.15) is 32.1 Å². The number of pyridine rings is 1. The second-order valence-corrected chi connectivity index (χ2v) is 8.15. The predicted molar refractivity (Wildman–Crippen MR) is 119 cm³/mol. The van der Waals surface area contributed by atoms with Gasteiger partial charge in [0.1, 0.15) is 11.9 Å². The third kappa shape index (κ3) is 4.44. The van der Waals surface area contributed by atoms with Crippen LogP contribution >= 0.6 is 0 Å². The second-order valence-electron chi connectivity index (χ2n) is 8.15. The molecule has 0 bridgehead atoms. The van der Waals surface area contributed by atoms with E-state index in [-0.39, 0.29) is 18.4 Å². The molecule has 1 saturated carbocycles. The van der Waals surface area contributed by atoms with Crippen LogP contribution in [-0.4, -0.2) is 42.1 Å². The Labute approximate surface area is 184 Å². The highest BCUT2D eigenvalue weighted by atomic mass is 16.5. The van der Waals surface area contributed by atoms with Crippen LogP contribution in [-0.2, 0) is 4.79 Å². The van der Waals surface area contributed by atoms with Gasteiger partial charge in [-0.25, -0.2) is 15.0 Å². The van der Waals surface area contributed by atoms with Gasteiger partial charge in [-0.2, -0.15) is 0 Å². The molecule has 8 nitrogen and oxygen atoms in total. The molecule has 1 aromatic carbocycles. The van der Waals surface area contributed by atoms with Crippen molar-refractivity contribution >= 4 is 17.0 Å². The molecule has 3 aromatic heterocycles. The highest BCUT2D eigenvalue weighted by Gasteiger charge is 2.24.